The average Bonchev–Trinajstić information content (AvgIpc) is 2.70. The highest BCUT2D eigenvalue weighted by molar-refractivity contribution is 5.87. The molecule has 1 rings (SSSR count). The molecule has 11 heavy (non-hydrogen) atoms. The Morgan fingerprint density at radius 3 is 2.82 bits per heavy atom. The summed E-state index contributed by atoms with van der Waals surface area (Å²) in [6, 6.07) is 0. The van der Waals surface area contributed by atoms with E-state index in [1.54, 1.807) is 0 Å². The second-order valence-corrected chi connectivity index (χ2v) is 2.81. The Morgan fingerprint density at radius 2 is 2.36 bits per heavy atom. The summed E-state index contributed by atoms with van der Waals surface area (Å²) in [6.07, 6.45) is 4.91. The molecule has 1 fully saturated rings. The minimum absolute atomic E-state index is 0.240. The summed E-state index contributed by atoms with van der Waals surface area (Å²) in [4.78, 5) is 11.0. The zero-order valence-corrected chi connectivity index (χ0v) is 6.63. The molecule has 0 unspecified atom stereocenters. The van der Waals surface area contributed by atoms with E-state index in [9.17, 15) is 9.90 Å². The van der Waals surface area contributed by atoms with Crippen molar-refractivity contribution in [3.63, 3.8) is 0 Å². The van der Waals surface area contributed by atoms with Crippen LogP contribution in [0.25, 0.3) is 0 Å². The Kier molecular flexibility index (Phi) is 2.29. The molecule has 0 atom stereocenters. The molecule has 0 heterocycles. The van der Waals surface area contributed by atoms with Gasteiger partial charge in [-0.05, 0) is 19.8 Å². The predicted octanol–water partition coefficient (Wildman–Crippen LogP) is 0.204. The SMILES string of the molecule is C/C=C/CNC(=O)C1(O)CC1. The lowest BCUT2D eigenvalue weighted by Gasteiger charge is -2.05. The normalized spacial score (nSPS) is 20.2. The van der Waals surface area contributed by atoms with Crippen molar-refractivity contribution >= 4 is 5.91 Å². The van der Waals surface area contributed by atoms with Crippen LogP contribution in [-0.2, 0) is 4.79 Å². The number of nitrogens with one attached hydrogen (secondary N) is 1. The molecule has 1 aliphatic carbocycles. The van der Waals surface area contributed by atoms with Crippen LogP contribution in [0.1, 0.15) is 19.8 Å². The highest BCUT2D eigenvalue weighted by Gasteiger charge is 2.47. The third-order valence-electron chi connectivity index (χ3n) is 1.76. The molecule has 0 saturated heterocycles. The Balaban J connectivity index is 2.21. The second kappa shape index (κ2) is 3.05. The first-order chi connectivity index (χ1) is 5.19. The summed E-state index contributed by atoms with van der Waals surface area (Å²) in [5.41, 5.74) is -1.03. The first kappa shape index (κ1) is 8.27. The summed E-state index contributed by atoms with van der Waals surface area (Å²) in [5, 5.41) is 11.9. The minimum atomic E-state index is -1.03. The first-order valence-electron chi connectivity index (χ1n) is 3.81. The molecule has 0 radical (unpaired) electrons. The number of rotatable bonds is 3. The highest BCUT2D eigenvalue weighted by Crippen LogP contribution is 2.34. The smallest absolute Gasteiger partial charge is 0.252 e. The van der Waals surface area contributed by atoms with Crippen LogP contribution in [0.2, 0.25) is 0 Å². The molecular weight excluding hydrogens is 142 g/mol. The Bertz CT molecular complexity index is 183. The monoisotopic (exact) mass is 155 g/mol. The van der Waals surface area contributed by atoms with E-state index in [0.717, 1.165) is 0 Å². The number of aliphatic hydroxyl groups is 1. The Morgan fingerprint density at radius 1 is 1.73 bits per heavy atom. The van der Waals surface area contributed by atoms with E-state index in [2.05, 4.69) is 5.32 Å². The molecule has 3 nitrogen and oxygen atoms in total. The molecule has 1 aliphatic rings. The van der Waals surface area contributed by atoms with E-state index in [1.165, 1.54) is 0 Å². The van der Waals surface area contributed by atoms with Gasteiger partial charge in [0.15, 0.2) is 0 Å². The molecule has 3 heteroatoms. The fourth-order valence-corrected chi connectivity index (χ4v) is 0.779. The van der Waals surface area contributed by atoms with Crippen LogP contribution in [-0.4, -0.2) is 23.2 Å². The molecule has 1 amide bonds. The number of allylic oxidation sites excluding steroid dienone is 1. The Labute approximate surface area is 66.1 Å². The fourth-order valence-electron chi connectivity index (χ4n) is 0.779. The molecule has 0 aromatic rings. The van der Waals surface area contributed by atoms with Gasteiger partial charge >= 0.3 is 0 Å². The number of carbonyl (C=O) groups excluding carboxylic acids is 1. The lowest BCUT2D eigenvalue weighted by Crippen LogP contribution is -2.36. The van der Waals surface area contributed by atoms with E-state index in [1.807, 2.05) is 19.1 Å². The summed E-state index contributed by atoms with van der Waals surface area (Å²) in [5.74, 6) is -0.240. The van der Waals surface area contributed by atoms with Gasteiger partial charge in [-0.25, -0.2) is 0 Å². The van der Waals surface area contributed by atoms with E-state index >= 15 is 0 Å². The van der Waals surface area contributed by atoms with Gasteiger partial charge in [0.05, 0.1) is 0 Å². The van der Waals surface area contributed by atoms with Crippen molar-refractivity contribution in [1.82, 2.24) is 5.32 Å². The lowest BCUT2D eigenvalue weighted by atomic mass is 10.3. The van der Waals surface area contributed by atoms with Crippen molar-refractivity contribution in [3.05, 3.63) is 12.2 Å². The topological polar surface area (TPSA) is 49.3 Å². The van der Waals surface area contributed by atoms with Crippen LogP contribution < -0.4 is 5.32 Å². The first-order valence-corrected chi connectivity index (χ1v) is 3.81. The number of hydrogen-bond acceptors (Lipinski definition) is 2. The van der Waals surface area contributed by atoms with Gasteiger partial charge in [-0.2, -0.15) is 0 Å². The summed E-state index contributed by atoms with van der Waals surface area (Å²) in [6.45, 7) is 2.40. The molecule has 0 aliphatic heterocycles. The molecule has 0 aromatic carbocycles. The maximum absolute atomic E-state index is 11.0. The third kappa shape index (κ3) is 2.05. The molecular formula is C8H13NO2. The fraction of sp³-hybridized carbons (Fsp3) is 0.625. The van der Waals surface area contributed by atoms with Crippen molar-refractivity contribution in [1.29, 1.82) is 0 Å². The van der Waals surface area contributed by atoms with Crippen molar-refractivity contribution < 1.29 is 9.90 Å². The molecule has 0 bridgehead atoms. The van der Waals surface area contributed by atoms with Gasteiger partial charge < -0.3 is 10.4 Å². The van der Waals surface area contributed by atoms with Crippen LogP contribution in [0, 0.1) is 0 Å². The number of hydrogen-bond donors (Lipinski definition) is 2. The molecule has 0 spiro atoms. The van der Waals surface area contributed by atoms with Gasteiger partial charge in [0.25, 0.3) is 5.91 Å². The largest absolute Gasteiger partial charge is 0.380 e. The zero-order chi connectivity index (χ0) is 8.32. The van der Waals surface area contributed by atoms with Crippen molar-refractivity contribution in [2.24, 2.45) is 0 Å². The van der Waals surface area contributed by atoms with E-state index in [4.69, 9.17) is 0 Å². The van der Waals surface area contributed by atoms with Gasteiger partial charge in [0.1, 0.15) is 5.60 Å². The van der Waals surface area contributed by atoms with E-state index in [0.29, 0.717) is 19.4 Å². The molecule has 62 valence electrons. The van der Waals surface area contributed by atoms with Crippen LogP contribution >= 0.6 is 0 Å². The third-order valence-corrected chi connectivity index (χ3v) is 1.76. The molecule has 2 N–H and O–H groups in total. The number of amides is 1. The predicted molar refractivity (Wildman–Crippen MR) is 42.0 cm³/mol. The van der Waals surface area contributed by atoms with E-state index in [-0.39, 0.29) is 5.91 Å². The van der Waals surface area contributed by atoms with Crippen LogP contribution in [0.4, 0.5) is 0 Å². The second-order valence-electron chi connectivity index (χ2n) is 2.81. The van der Waals surface area contributed by atoms with Crippen LogP contribution in [0.15, 0.2) is 12.2 Å². The standard InChI is InChI=1S/C8H13NO2/c1-2-3-6-9-7(10)8(11)4-5-8/h2-3,11H,4-6H2,1H3,(H,9,10)/b3-2+. The number of carbonyl (C=O) groups is 1. The van der Waals surface area contributed by atoms with Gasteiger partial charge in [0.2, 0.25) is 0 Å². The van der Waals surface area contributed by atoms with Gasteiger partial charge in [-0.3, -0.25) is 4.79 Å². The van der Waals surface area contributed by atoms with Crippen LogP contribution in [0.5, 0.6) is 0 Å². The maximum Gasteiger partial charge on any atom is 0.252 e. The Hall–Kier alpha value is -0.830. The van der Waals surface area contributed by atoms with Gasteiger partial charge in [-0.1, -0.05) is 12.2 Å². The van der Waals surface area contributed by atoms with Gasteiger partial charge in [-0.15, -0.1) is 0 Å². The lowest BCUT2D eigenvalue weighted by molar-refractivity contribution is -0.131. The molecule has 1 saturated carbocycles. The molecule has 0 aromatic heterocycles. The van der Waals surface area contributed by atoms with Crippen molar-refractivity contribution in [2.75, 3.05) is 6.54 Å². The summed E-state index contributed by atoms with van der Waals surface area (Å²) in [7, 11) is 0. The zero-order valence-electron chi connectivity index (χ0n) is 6.63. The summed E-state index contributed by atoms with van der Waals surface area (Å²) >= 11 is 0. The van der Waals surface area contributed by atoms with Crippen molar-refractivity contribution in [3.8, 4) is 0 Å². The highest BCUT2D eigenvalue weighted by atomic mass is 16.3. The van der Waals surface area contributed by atoms with Crippen LogP contribution in [0.3, 0.4) is 0 Å². The summed E-state index contributed by atoms with van der Waals surface area (Å²) < 4.78 is 0. The van der Waals surface area contributed by atoms with Crippen molar-refractivity contribution in [2.45, 2.75) is 25.4 Å². The minimum Gasteiger partial charge on any atom is -0.380 e. The average molecular weight is 155 g/mol. The quantitative estimate of drug-likeness (QED) is 0.572. The van der Waals surface area contributed by atoms with Gasteiger partial charge in [0, 0.05) is 6.54 Å². The van der Waals surface area contributed by atoms with E-state index < -0.39 is 5.60 Å². The maximum atomic E-state index is 11.0.